The summed E-state index contributed by atoms with van der Waals surface area (Å²) in [4.78, 5) is 22.1. The molecule has 2 unspecified atom stereocenters. The number of rotatable bonds is 4. The van der Waals surface area contributed by atoms with Gasteiger partial charge in [0.1, 0.15) is 11.9 Å². The third-order valence-electron chi connectivity index (χ3n) is 2.80. The lowest BCUT2D eigenvalue weighted by molar-refractivity contribution is -0.118. The molecule has 2 atom stereocenters. The van der Waals surface area contributed by atoms with Crippen molar-refractivity contribution in [2.45, 2.75) is 19.1 Å². The number of benzene rings is 1. The number of carbonyl (C=O) groups excluding carboxylic acids is 2. The van der Waals surface area contributed by atoms with E-state index in [0.717, 1.165) is 11.8 Å². The first-order chi connectivity index (χ1) is 9.47. The Bertz CT molecular complexity index is 533. The zero-order chi connectivity index (χ0) is 14.7. The Balaban J connectivity index is 2.10. The van der Waals surface area contributed by atoms with Gasteiger partial charge in [-0.05, 0) is 17.7 Å². The molecule has 1 aromatic carbocycles. The van der Waals surface area contributed by atoms with Crippen molar-refractivity contribution >= 4 is 28.5 Å². The molecule has 1 aromatic rings. The number of aliphatic hydroxyl groups is 2. The van der Waals surface area contributed by atoms with Gasteiger partial charge < -0.3 is 20.3 Å². The van der Waals surface area contributed by atoms with Crippen LogP contribution in [0.1, 0.15) is 18.6 Å². The quantitative estimate of drug-likeness (QED) is 0.757. The SMILES string of the molecule is CC(=O)SCC(O)C(O)c1ccc2c(c1)NC(=O)CO2. The first kappa shape index (κ1) is 14.8. The van der Waals surface area contributed by atoms with Crippen LogP contribution < -0.4 is 10.1 Å². The van der Waals surface area contributed by atoms with E-state index in [9.17, 15) is 19.8 Å². The second-order valence-corrected chi connectivity index (χ2v) is 5.60. The molecule has 6 nitrogen and oxygen atoms in total. The number of hydrogen-bond donors (Lipinski definition) is 3. The van der Waals surface area contributed by atoms with E-state index in [1.165, 1.54) is 6.92 Å². The normalized spacial score (nSPS) is 16.6. The van der Waals surface area contributed by atoms with Gasteiger partial charge in [0.2, 0.25) is 0 Å². The molecule has 1 amide bonds. The Morgan fingerprint density at radius 1 is 1.50 bits per heavy atom. The number of amides is 1. The van der Waals surface area contributed by atoms with Crippen LogP contribution in [0.3, 0.4) is 0 Å². The van der Waals surface area contributed by atoms with Gasteiger partial charge >= 0.3 is 0 Å². The number of hydrogen-bond acceptors (Lipinski definition) is 6. The van der Waals surface area contributed by atoms with Crippen LogP contribution in [0.5, 0.6) is 5.75 Å². The van der Waals surface area contributed by atoms with Crippen LogP contribution >= 0.6 is 11.8 Å². The van der Waals surface area contributed by atoms with Gasteiger partial charge in [-0.25, -0.2) is 0 Å². The first-order valence-electron chi connectivity index (χ1n) is 6.03. The third-order valence-corrected chi connectivity index (χ3v) is 3.71. The molecule has 20 heavy (non-hydrogen) atoms. The van der Waals surface area contributed by atoms with Crippen LogP contribution in [0.4, 0.5) is 5.69 Å². The fourth-order valence-electron chi connectivity index (χ4n) is 1.80. The van der Waals surface area contributed by atoms with Crippen LogP contribution in [0.15, 0.2) is 18.2 Å². The molecule has 0 saturated carbocycles. The lowest BCUT2D eigenvalue weighted by Gasteiger charge is -2.22. The minimum absolute atomic E-state index is 0.0349. The monoisotopic (exact) mass is 297 g/mol. The van der Waals surface area contributed by atoms with Gasteiger partial charge in [-0.15, -0.1) is 0 Å². The van der Waals surface area contributed by atoms with Gasteiger partial charge in [0.05, 0.1) is 11.8 Å². The third kappa shape index (κ3) is 3.50. The Labute approximate surface area is 120 Å². The summed E-state index contributed by atoms with van der Waals surface area (Å²) in [5.41, 5.74) is 0.912. The second-order valence-electron chi connectivity index (χ2n) is 4.41. The molecule has 108 valence electrons. The molecule has 0 bridgehead atoms. The zero-order valence-electron chi connectivity index (χ0n) is 10.8. The predicted molar refractivity (Wildman–Crippen MR) is 74.7 cm³/mol. The van der Waals surface area contributed by atoms with E-state index in [0.29, 0.717) is 17.0 Å². The van der Waals surface area contributed by atoms with Crippen molar-refractivity contribution in [3.63, 3.8) is 0 Å². The smallest absolute Gasteiger partial charge is 0.262 e. The van der Waals surface area contributed by atoms with Crippen LogP contribution in [-0.4, -0.2) is 39.7 Å². The number of anilines is 1. The van der Waals surface area contributed by atoms with Crippen molar-refractivity contribution in [2.75, 3.05) is 17.7 Å². The first-order valence-corrected chi connectivity index (χ1v) is 7.02. The summed E-state index contributed by atoms with van der Waals surface area (Å²) < 4.78 is 5.20. The fourth-order valence-corrected chi connectivity index (χ4v) is 2.39. The second kappa shape index (κ2) is 6.25. The van der Waals surface area contributed by atoms with Crippen LogP contribution in [0.2, 0.25) is 0 Å². The van der Waals surface area contributed by atoms with E-state index in [1.54, 1.807) is 18.2 Å². The summed E-state index contributed by atoms with van der Waals surface area (Å²) in [5.74, 6) is 0.362. The van der Waals surface area contributed by atoms with Crippen molar-refractivity contribution in [3.8, 4) is 5.75 Å². The number of aliphatic hydroxyl groups excluding tert-OH is 2. The summed E-state index contributed by atoms with van der Waals surface area (Å²) in [5, 5.41) is 22.4. The standard InChI is InChI=1S/C13H15NO5S/c1-7(15)20-6-10(16)13(18)8-2-3-11-9(4-8)14-12(17)5-19-11/h2-4,10,13,16,18H,5-6H2,1H3,(H,14,17). The van der Waals surface area contributed by atoms with Gasteiger partial charge in [-0.3, -0.25) is 9.59 Å². The molecular formula is C13H15NO5S. The van der Waals surface area contributed by atoms with E-state index in [1.807, 2.05) is 0 Å². The summed E-state index contributed by atoms with van der Waals surface area (Å²) in [6.07, 6.45) is -2.20. The Kier molecular flexibility index (Phi) is 4.64. The molecule has 0 saturated heterocycles. The molecule has 1 heterocycles. The Morgan fingerprint density at radius 3 is 2.95 bits per heavy atom. The summed E-state index contributed by atoms with van der Waals surface area (Å²) in [6, 6.07) is 4.79. The molecule has 0 fully saturated rings. The van der Waals surface area contributed by atoms with E-state index >= 15 is 0 Å². The maximum atomic E-state index is 11.2. The lowest BCUT2D eigenvalue weighted by atomic mass is 10.0. The highest BCUT2D eigenvalue weighted by molar-refractivity contribution is 8.13. The van der Waals surface area contributed by atoms with Crippen LogP contribution in [0.25, 0.3) is 0 Å². The summed E-state index contributed by atoms with van der Waals surface area (Å²) >= 11 is 0.948. The average molecular weight is 297 g/mol. The largest absolute Gasteiger partial charge is 0.482 e. The molecule has 1 aliphatic heterocycles. The highest BCUT2D eigenvalue weighted by atomic mass is 32.2. The molecule has 0 radical (unpaired) electrons. The van der Waals surface area contributed by atoms with Crippen molar-refractivity contribution in [3.05, 3.63) is 23.8 Å². The van der Waals surface area contributed by atoms with Crippen molar-refractivity contribution in [1.29, 1.82) is 0 Å². The maximum absolute atomic E-state index is 11.2. The summed E-state index contributed by atoms with van der Waals surface area (Å²) in [7, 11) is 0. The summed E-state index contributed by atoms with van der Waals surface area (Å²) in [6.45, 7) is 1.36. The number of nitrogens with one attached hydrogen (secondary N) is 1. The van der Waals surface area contributed by atoms with Crippen LogP contribution in [-0.2, 0) is 9.59 Å². The van der Waals surface area contributed by atoms with Gasteiger partial charge in [-0.1, -0.05) is 17.8 Å². The zero-order valence-corrected chi connectivity index (χ0v) is 11.6. The van der Waals surface area contributed by atoms with Gasteiger partial charge in [-0.2, -0.15) is 0 Å². The lowest BCUT2D eigenvalue weighted by Crippen LogP contribution is -2.26. The van der Waals surface area contributed by atoms with Crippen molar-refractivity contribution in [2.24, 2.45) is 0 Å². The van der Waals surface area contributed by atoms with Crippen LogP contribution in [0, 0.1) is 0 Å². The van der Waals surface area contributed by atoms with E-state index < -0.39 is 12.2 Å². The predicted octanol–water partition coefficient (Wildman–Crippen LogP) is 0.692. The number of thioether (sulfide) groups is 1. The maximum Gasteiger partial charge on any atom is 0.262 e. The fraction of sp³-hybridized carbons (Fsp3) is 0.385. The van der Waals surface area contributed by atoms with E-state index in [-0.39, 0.29) is 23.4 Å². The minimum Gasteiger partial charge on any atom is -0.482 e. The highest BCUT2D eigenvalue weighted by Crippen LogP contribution is 2.31. The number of fused-ring (bicyclic) bond motifs is 1. The molecule has 0 aromatic heterocycles. The molecule has 1 aliphatic rings. The van der Waals surface area contributed by atoms with Gasteiger partial charge in [0.25, 0.3) is 5.91 Å². The topological polar surface area (TPSA) is 95.9 Å². The van der Waals surface area contributed by atoms with Gasteiger partial charge in [0, 0.05) is 12.7 Å². The van der Waals surface area contributed by atoms with Gasteiger partial charge in [0.15, 0.2) is 11.7 Å². The Hall–Kier alpha value is -1.57. The molecule has 0 aliphatic carbocycles. The minimum atomic E-state index is -1.13. The molecular weight excluding hydrogens is 282 g/mol. The average Bonchev–Trinajstić information content (AvgIpc) is 2.43. The van der Waals surface area contributed by atoms with Crippen molar-refractivity contribution in [1.82, 2.24) is 0 Å². The van der Waals surface area contributed by atoms with E-state index in [2.05, 4.69) is 5.32 Å². The highest BCUT2D eigenvalue weighted by Gasteiger charge is 2.22. The Morgan fingerprint density at radius 2 is 2.25 bits per heavy atom. The number of ether oxygens (including phenoxy) is 1. The van der Waals surface area contributed by atoms with Crippen molar-refractivity contribution < 1.29 is 24.5 Å². The molecule has 3 N–H and O–H groups in total. The molecule has 7 heteroatoms. The molecule has 2 rings (SSSR count). The molecule has 0 spiro atoms. The number of carbonyl (C=O) groups is 2. The van der Waals surface area contributed by atoms with E-state index in [4.69, 9.17) is 4.74 Å².